The van der Waals surface area contributed by atoms with E-state index in [1.54, 1.807) is 12.1 Å². The SMILES string of the molecule is O=C(Nc1cc2cn([C@H]3CC[C@H](O)CC3)nc2cc1OCC1CC1)c1cccc(C(F)F)[n+]1O. The summed E-state index contributed by atoms with van der Waals surface area (Å²) in [6.07, 6.45) is 4.03. The minimum atomic E-state index is -2.93. The van der Waals surface area contributed by atoms with Gasteiger partial charge in [0.25, 0.3) is 0 Å². The molecule has 0 atom stereocenters. The van der Waals surface area contributed by atoms with Gasteiger partial charge in [-0.15, -0.1) is 0 Å². The minimum absolute atomic E-state index is 0.190. The summed E-state index contributed by atoms with van der Waals surface area (Å²) in [5.41, 5.74) is 0.0979. The first-order chi connectivity index (χ1) is 16.4. The van der Waals surface area contributed by atoms with Crippen LogP contribution in [0.5, 0.6) is 5.75 Å². The summed E-state index contributed by atoms with van der Waals surface area (Å²) in [7, 11) is 0. The van der Waals surface area contributed by atoms with Crippen molar-refractivity contribution in [2.75, 3.05) is 11.9 Å². The third-order valence-electron chi connectivity index (χ3n) is 6.53. The Kier molecular flexibility index (Phi) is 6.07. The molecule has 1 aromatic carbocycles. The van der Waals surface area contributed by atoms with Crippen LogP contribution in [-0.2, 0) is 0 Å². The number of aliphatic hydroxyl groups excluding tert-OH is 1. The highest BCUT2D eigenvalue weighted by atomic mass is 19.3. The van der Waals surface area contributed by atoms with Crippen LogP contribution in [-0.4, -0.2) is 38.7 Å². The molecule has 3 N–H and O–H groups in total. The standard InChI is InChI=1S/C24H26F2N4O4/c25-23(26)20-2-1-3-21(30(20)33)24(32)27-19-10-15-12-29(16-6-8-17(31)9-7-16)28-18(15)11-22(19)34-13-14-4-5-14/h1-3,10-12,14,16-17,23,31H,4-9,13H2,(H-,27,32,33)/p+1/t16-,17-. The van der Waals surface area contributed by atoms with Gasteiger partial charge in [-0.05, 0) is 56.6 Å². The molecule has 0 unspecified atom stereocenters. The van der Waals surface area contributed by atoms with Crippen molar-refractivity contribution in [3.63, 3.8) is 0 Å². The molecular formula is C24H27F2N4O4+. The zero-order valence-corrected chi connectivity index (χ0v) is 18.5. The highest BCUT2D eigenvalue weighted by Gasteiger charge is 2.30. The number of aliphatic hydroxyl groups is 1. The molecule has 34 heavy (non-hydrogen) atoms. The van der Waals surface area contributed by atoms with Crippen molar-refractivity contribution >= 4 is 22.5 Å². The molecule has 1 amide bonds. The molecule has 2 aliphatic rings. The monoisotopic (exact) mass is 473 g/mol. The number of pyridine rings is 1. The van der Waals surface area contributed by atoms with E-state index >= 15 is 0 Å². The van der Waals surface area contributed by atoms with Gasteiger partial charge in [-0.2, -0.15) is 13.9 Å². The van der Waals surface area contributed by atoms with Crippen molar-refractivity contribution in [3.8, 4) is 5.75 Å². The zero-order chi connectivity index (χ0) is 23.8. The number of benzene rings is 1. The number of alkyl halides is 2. The zero-order valence-electron chi connectivity index (χ0n) is 18.5. The van der Waals surface area contributed by atoms with E-state index in [2.05, 4.69) is 5.32 Å². The molecule has 2 saturated carbocycles. The average molecular weight is 474 g/mol. The van der Waals surface area contributed by atoms with Gasteiger partial charge in [-0.1, -0.05) is 0 Å². The number of nitrogens with zero attached hydrogens (tertiary/aromatic N) is 3. The van der Waals surface area contributed by atoms with Gasteiger partial charge in [0.1, 0.15) is 5.75 Å². The summed E-state index contributed by atoms with van der Waals surface area (Å²) in [6, 6.07) is 7.31. The van der Waals surface area contributed by atoms with Crippen molar-refractivity contribution < 1.29 is 33.4 Å². The average Bonchev–Trinajstić information content (AvgIpc) is 3.55. The summed E-state index contributed by atoms with van der Waals surface area (Å²) < 4.78 is 34.4. The largest absolute Gasteiger partial charge is 0.491 e. The second-order valence-corrected chi connectivity index (χ2v) is 9.14. The number of nitrogens with one attached hydrogen (secondary N) is 1. The van der Waals surface area contributed by atoms with Gasteiger partial charge in [-0.25, -0.2) is 0 Å². The van der Waals surface area contributed by atoms with Crippen LogP contribution in [0.2, 0.25) is 0 Å². The van der Waals surface area contributed by atoms with E-state index in [1.807, 2.05) is 10.9 Å². The summed E-state index contributed by atoms with van der Waals surface area (Å²) >= 11 is 0. The van der Waals surface area contributed by atoms with Crippen LogP contribution in [0, 0.1) is 5.92 Å². The van der Waals surface area contributed by atoms with Crippen LogP contribution in [0.3, 0.4) is 0 Å². The maximum atomic E-state index is 13.1. The molecule has 0 radical (unpaired) electrons. The predicted octanol–water partition coefficient (Wildman–Crippen LogP) is 4.02. The van der Waals surface area contributed by atoms with Gasteiger partial charge in [0, 0.05) is 34.5 Å². The second-order valence-electron chi connectivity index (χ2n) is 9.14. The Balaban J connectivity index is 1.45. The topological polar surface area (TPSA) is 100 Å². The molecule has 0 saturated heterocycles. The van der Waals surface area contributed by atoms with Crippen LogP contribution in [0.15, 0.2) is 36.5 Å². The maximum absolute atomic E-state index is 13.1. The Bertz CT molecular complexity index is 1200. The first-order valence-corrected chi connectivity index (χ1v) is 11.6. The highest BCUT2D eigenvalue weighted by Crippen LogP contribution is 2.36. The van der Waals surface area contributed by atoms with Crippen molar-refractivity contribution in [3.05, 3.63) is 47.9 Å². The predicted molar refractivity (Wildman–Crippen MR) is 118 cm³/mol. The molecule has 5 rings (SSSR count). The summed E-state index contributed by atoms with van der Waals surface area (Å²) in [4.78, 5) is 12.9. The number of carbonyl (C=O) groups excluding carboxylic acids is 1. The van der Waals surface area contributed by atoms with E-state index < -0.39 is 18.0 Å². The Labute approximate surface area is 194 Å². The highest BCUT2D eigenvalue weighted by molar-refractivity contribution is 6.04. The van der Waals surface area contributed by atoms with E-state index in [1.165, 1.54) is 12.1 Å². The van der Waals surface area contributed by atoms with Gasteiger partial charge in [0.15, 0.2) is 0 Å². The number of anilines is 1. The van der Waals surface area contributed by atoms with Crippen molar-refractivity contribution in [2.45, 2.75) is 57.1 Å². The fraction of sp³-hybridized carbons (Fsp3) is 0.458. The fourth-order valence-corrected chi connectivity index (χ4v) is 4.33. The van der Waals surface area contributed by atoms with Crippen molar-refractivity contribution in [2.24, 2.45) is 5.92 Å². The fourth-order valence-electron chi connectivity index (χ4n) is 4.33. The van der Waals surface area contributed by atoms with Gasteiger partial charge < -0.3 is 15.2 Å². The number of hydrogen-bond acceptors (Lipinski definition) is 5. The number of hydrogen-bond donors (Lipinski definition) is 3. The van der Waals surface area contributed by atoms with Crippen LogP contribution >= 0.6 is 0 Å². The van der Waals surface area contributed by atoms with Crippen LogP contribution in [0.25, 0.3) is 10.9 Å². The lowest BCUT2D eigenvalue weighted by Crippen LogP contribution is -2.43. The van der Waals surface area contributed by atoms with E-state index in [-0.39, 0.29) is 22.6 Å². The Morgan fingerprint density at radius 3 is 2.68 bits per heavy atom. The van der Waals surface area contributed by atoms with Gasteiger partial charge in [-0.3, -0.25) is 14.7 Å². The minimum Gasteiger partial charge on any atom is -0.491 e. The first-order valence-electron chi connectivity index (χ1n) is 11.6. The van der Waals surface area contributed by atoms with Crippen LogP contribution in [0.1, 0.15) is 67.2 Å². The maximum Gasteiger partial charge on any atom is 0.325 e. The molecule has 3 aromatic rings. The van der Waals surface area contributed by atoms with Gasteiger partial charge in [0.05, 0.1) is 30.0 Å². The van der Waals surface area contributed by atoms with Crippen molar-refractivity contribution in [1.82, 2.24) is 9.78 Å². The molecule has 8 nitrogen and oxygen atoms in total. The number of amides is 1. The normalized spacial score (nSPS) is 20.6. The number of fused-ring (bicyclic) bond motifs is 1. The van der Waals surface area contributed by atoms with Crippen LogP contribution in [0.4, 0.5) is 14.5 Å². The first kappa shape index (κ1) is 22.5. The lowest BCUT2D eigenvalue weighted by atomic mass is 9.93. The molecule has 2 fully saturated rings. The summed E-state index contributed by atoms with van der Waals surface area (Å²) in [5, 5.41) is 28.1. The molecule has 10 heteroatoms. The van der Waals surface area contributed by atoms with Gasteiger partial charge >= 0.3 is 23.7 Å². The third-order valence-corrected chi connectivity index (χ3v) is 6.53. The van der Waals surface area contributed by atoms with E-state index in [0.717, 1.165) is 50.0 Å². The lowest BCUT2D eigenvalue weighted by Gasteiger charge is -2.25. The smallest absolute Gasteiger partial charge is 0.325 e. The number of rotatable bonds is 7. The molecular weight excluding hydrogens is 446 g/mol. The third kappa shape index (κ3) is 4.68. The molecule has 2 aliphatic carbocycles. The number of carbonyl (C=O) groups is 1. The van der Waals surface area contributed by atoms with Gasteiger partial charge in [0.2, 0.25) is 0 Å². The van der Waals surface area contributed by atoms with Crippen LogP contribution < -0.4 is 14.8 Å². The molecule has 0 aliphatic heterocycles. The van der Waals surface area contributed by atoms with E-state index in [9.17, 15) is 23.9 Å². The number of aromatic nitrogens is 3. The molecule has 0 bridgehead atoms. The molecule has 2 aromatic heterocycles. The van der Waals surface area contributed by atoms with E-state index in [4.69, 9.17) is 9.84 Å². The quantitative estimate of drug-likeness (QED) is 0.356. The Morgan fingerprint density at radius 2 is 1.97 bits per heavy atom. The molecule has 2 heterocycles. The Morgan fingerprint density at radius 1 is 1.21 bits per heavy atom. The molecule has 180 valence electrons. The summed E-state index contributed by atoms with van der Waals surface area (Å²) in [6.45, 7) is 0.510. The number of halogens is 2. The Hall–Kier alpha value is -3.27. The van der Waals surface area contributed by atoms with E-state index in [0.29, 0.717) is 29.5 Å². The lowest BCUT2D eigenvalue weighted by molar-refractivity contribution is -0.912. The number of ether oxygens (including phenoxy) is 1. The van der Waals surface area contributed by atoms with Crippen molar-refractivity contribution in [1.29, 1.82) is 0 Å². The summed E-state index contributed by atoms with van der Waals surface area (Å²) in [5.74, 6) is 0.175. The molecule has 0 spiro atoms. The second kappa shape index (κ2) is 9.17.